The number of hydrogen-bond acceptors (Lipinski definition) is 6. The Labute approximate surface area is 204 Å². The Hall–Kier alpha value is -2.87. The molecule has 1 aliphatic rings. The van der Waals surface area contributed by atoms with Crippen LogP contribution in [0.2, 0.25) is 10.0 Å². The third-order valence-electron chi connectivity index (χ3n) is 5.20. The second kappa shape index (κ2) is 9.55. The summed E-state index contributed by atoms with van der Waals surface area (Å²) in [5.74, 6) is 0.163. The zero-order valence-corrected chi connectivity index (χ0v) is 20.4. The summed E-state index contributed by atoms with van der Waals surface area (Å²) in [6, 6.07) is 11.6. The molecule has 0 saturated heterocycles. The van der Waals surface area contributed by atoms with E-state index in [9.17, 15) is 9.59 Å². The number of benzene rings is 2. The molecule has 1 aliphatic heterocycles. The number of halogens is 2. The molecule has 2 heterocycles. The second-order valence-electron chi connectivity index (χ2n) is 7.24. The Kier molecular flexibility index (Phi) is 6.74. The fraction of sp³-hybridized carbons (Fsp3) is 0.208. The van der Waals surface area contributed by atoms with Gasteiger partial charge in [-0.15, -0.1) is 0 Å². The first-order chi connectivity index (χ1) is 15.8. The summed E-state index contributed by atoms with van der Waals surface area (Å²) in [6.07, 6.45) is 1.71. The lowest BCUT2D eigenvalue weighted by molar-refractivity contribution is -0.139. The van der Waals surface area contributed by atoms with Gasteiger partial charge in [-0.2, -0.15) is 0 Å². The Balaban J connectivity index is 1.95. The van der Waals surface area contributed by atoms with Crippen molar-refractivity contribution in [2.75, 3.05) is 13.7 Å². The van der Waals surface area contributed by atoms with Crippen LogP contribution in [0.15, 0.2) is 63.5 Å². The Morgan fingerprint density at radius 1 is 1.21 bits per heavy atom. The number of ether oxygens (including phenoxy) is 2. The highest BCUT2D eigenvalue weighted by molar-refractivity contribution is 7.07. The first-order valence-corrected chi connectivity index (χ1v) is 11.7. The molecule has 0 saturated carbocycles. The number of allylic oxidation sites excluding steroid dienone is 1. The molecule has 6 nitrogen and oxygen atoms in total. The summed E-state index contributed by atoms with van der Waals surface area (Å²) in [5, 5.41) is 0.941. The van der Waals surface area contributed by atoms with Crippen molar-refractivity contribution in [3.05, 3.63) is 94.6 Å². The lowest BCUT2D eigenvalue weighted by Gasteiger charge is -2.24. The van der Waals surface area contributed by atoms with Gasteiger partial charge < -0.3 is 9.47 Å². The molecule has 4 rings (SSSR count). The third kappa shape index (κ3) is 4.49. The molecular weight excluding hydrogens is 483 g/mol. The molecule has 9 heteroatoms. The monoisotopic (exact) mass is 502 g/mol. The molecule has 0 radical (unpaired) electrons. The zero-order chi connectivity index (χ0) is 23.7. The fourth-order valence-corrected chi connectivity index (χ4v) is 5.15. The fourth-order valence-electron chi connectivity index (χ4n) is 3.65. The maximum atomic E-state index is 13.5. The number of fused-ring (bicyclic) bond motifs is 1. The first-order valence-electron chi connectivity index (χ1n) is 10.1. The Bertz CT molecular complexity index is 1440. The first kappa shape index (κ1) is 23.3. The normalized spacial score (nSPS) is 15.8. The Morgan fingerprint density at radius 3 is 2.58 bits per heavy atom. The van der Waals surface area contributed by atoms with E-state index in [1.165, 1.54) is 15.9 Å². The van der Waals surface area contributed by atoms with Gasteiger partial charge in [0.15, 0.2) is 4.80 Å². The van der Waals surface area contributed by atoms with E-state index in [1.54, 1.807) is 57.4 Å². The topological polar surface area (TPSA) is 69.9 Å². The van der Waals surface area contributed by atoms with Crippen molar-refractivity contribution < 1.29 is 14.3 Å². The van der Waals surface area contributed by atoms with Crippen molar-refractivity contribution >= 4 is 46.6 Å². The Morgan fingerprint density at radius 2 is 1.94 bits per heavy atom. The van der Waals surface area contributed by atoms with Gasteiger partial charge >= 0.3 is 5.97 Å². The number of esters is 1. The number of carbonyl (C=O) groups is 1. The standard InChI is InChI=1S/C24H20Cl2N2O4S/c1-4-32-23(30)20-13(2)27-24-28(21(20)14-6-9-17(31-3)10-7-14)22(29)19(33-24)11-15-5-8-16(25)12-18(15)26/h5-12,21H,4H2,1-3H3. The maximum absolute atomic E-state index is 13.5. The second-order valence-corrected chi connectivity index (χ2v) is 9.09. The average molecular weight is 503 g/mol. The van der Waals surface area contributed by atoms with Crippen molar-refractivity contribution in [3.8, 4) is 5.75 Å². The molecule has 0 spiro atoms. The smallest absolute Gasteiger partial charge is 0.338 e. The lowest BCUT2D eigenvalue weighted by atomic mass is 9.96. The van der Waals surface area contributed by atoms with E-state index in [0.717, 1.165) is 5.56 Å². The molecule has 1 unspecified atom stereocenters. The largest absolute Gasteiger partial charge is 0.497 e. The molecular formula is C24H20Cl2N2O4S. The highest BCUT2D eigenvalue weighted by Gasteiger charge is 2.33. The van der Waals surface area contributed by atoms with E-state index in [-0.39, 0.29) is 12.2 Å². The van der Waals surface area contributed by atoms with Crippen LogP contribution in [-0.2, 0) is 9.53 Å². The van der Waals surface area contributed by atoms with Gasteiger partial charge in [-0.25, -0.2) is 9.79 Å². The molecule has 0 fully saturated rings. The van der Waals surface area contributed by atoms with Crippen molar-refractivity contribution in [1.82, 2.24) is 4.57 Å². The summed E-state index contributed by atoms with van der Waals surface area (Å²) in [6.45, 7) is 3.70. The molecule has 0 aliphatic carbocycles. The van der Waals surface area contributed by atoms with Gasteiger partial charge in [0.1, 0.15) is 5.75 Å². The zero-order valence-electron chi connectivity index (χ0n) is 18.1. The van der Waals surface area contributed by atoms with Crippen LogP contribution in [0.1, 0.15) is 31.0 Å². The van der Waals surface area contributed by atoms with Gasteiger partial charge in [0.2, 0.25) is 0 Å². The van der Waals surface area contributed by atoms with Crippen LogP contribution in [0, 0.1) is 0 Å². The minimum absolute atomic E-state index is 0.213. The quantitative estimate of drug-likeness (QED) is 0.492. The van der Waals surface area contributed by atoms with Crippen LogP contribution in [0.5, 0.6) is 5.75 Å². The number of rotatable bonds is 5. The summed E-state index contributed by atoms with van der Waals surface area (Å²) < 4.78 is 12.5. The summed E-state index contributed by atoms with van der Waals surface area (Å²) in [7, 11) is 1.58. The SMILES string of the molecule is CCOC(=O)C1=C(C)N=c2sc(=Cc3ccc(Cl)cc3Cl)c(=O)n2C1c1ccc(OC)cc1. The number of methoxy groups -OCH3 is 1. The maximum Gasteiger partial charge on any atom is 0.338 e. The highest BCUT2D eigenvalue weighted by atomic mass is 35.5. The number of hydrogen-bond donors (Lipinski definition) is 0. The van der Waals surface area contributed by atoms with E-state index >= 15 is 0 Å². The minimum atomic E-state index is -0.686. The van der Waals surface area contributed by atoms with Gasteiger partial charge in [-0.3, -0.25) is 9.36 Å². The van der Waals surface area contributed by atoms with Crippen LogP contribution in [-0.4, -0.2) is 24.3 Å². The van der Waals surface area contributed by atoms with Crippen molar-refractivity contribution in [2.24, 2.45) is 4.99 Å². The predicted molar refractivity (Wildman–Crippen MR) is 130 cm³/mol. The molecule has 0 N–H and O–H groups in total. The van der Waals surface area contributed by atoms with E-state index < -0.39 is 12.0 Å². The van der Waals surface area contributed by atoms with Crippen LogP contribution in [0.3, 0.4) is 0 Å². The molecule has 33 heavy (non-hydrogen) atoms. The summed E-state index contributed by atoms with van der Waals surface area (Å²) in [4.78, 5) is 31.5. The summed E-state index contributed by atoms with van der Waals surface area (Å²) >= 11 is 13.5. The van der Waals surface area contributed by atoms with Crippen LogP contribution in [0.25, 0.3) is 6.08 Å². The van der Waals surface area contributed by atoms with E-state index in [0.29, 0.717) is 42.0 Å². The van der Waals surface area contributed by atoms with Gasteiger partial charge in [-0.1, -0.05) is 52.7 Å². The number of nitrogens with zero attached hydrogens (tertiary/aromatic N) is 2. The van der Waals surface area contributed by atoms with Gasteiger partial charge in [0.25, 0.3) is 5.56 Å². The van der Waals surface area contributed by atoms with E-state index in [1.807, 2.05) is 12.1 Å². The van der Waals surface area contributed by atoms with Gasteiger partial charge in [0, 0.05) is 10.0 Å². The minimum Gasteiger partial charge on any atom is -0.497 e. The van der Waals surface area contributed by atoms with Crippen molar-refractivity contribution in [1.29, 1.82) is 0 Å². The van der Waals surface area contributed by atoms with Crippen LogP contribution >= 0.6 is 34.5 Å². The summed E-state index contributed by atoms with van der Waals surface area (Å²) in [5.41, 5.74) is 1.95. The van der Waals surface area contributed by atoms with Crippen LogP contribution < -0.4 is 19.6 Å². The third-order valence-corrected chi connectivity index (χ3v) is 6.74. The van der Waals surface area contributed by atoms with Gasteiger partial charge in [-0.05, 0) is 55.3 Å². The molecule has 1 aromatic heterocycles. The molecule has 0 bridgehead atoms. The number of thiazole rings is 1. The molecule has 0 amide bonds. The van der Waals surface area contributed by atoms with E-state index in [4.69, 9.17) is 32.7 Å². The average Bonchev–Trinajstić information content (AvgIpc) is 3.09. The van der Waals surface area contributed by atoms with Crippen molar-refractivity contribution in [2.45, 2.75) is 19.9 Å². The lowest BCUT2D eigenvalue weighted by Crippen LogP contribution is -2.39. The van der Waals surface area contributed by atoms with E-state index in [2.05, 4.69) is 4.99 Å². The molecule has 2 aromatic carbocycles. The number of carbonyl (C=O) groups excluding carboxylic acids is 1. The molecule has 3 aromatic rings. The molecule has 1 atom stereocenters. The molecule has 170 valence electrons. The van der Waals surface area contributed by atoms with Crippen molar-refractivity contribution in [3.63, 3.8) is 0 Å². The predicted octanol–water partition coefficient (Wildman–Crippen LogP) is 4.11. The van der Waals surface area contributed by atoms with Gasteiger partial charge in [0.05, 0.1) is 35.6 Å². The van der Waals surface area contributed by atoms with Crippen LogP contribution in [0.4, 0.5) is 0 Å². The number of aromatic nitrogens is 1. The highest BCUT2D eigenvalue weighted by Crippen LogP contribution is 2.31.